The number of fused-ring (bicyclic) bond motifs is 2. The summed E-state index contributed by atoms with van der Waals surface area (Å²) in [4.78, 5) is 105. The first kappa shape index (κ1) is 48.0. The molecule has 17 nitrogen and oxygen atoms in total. The highest BCUT2D eigenvalue weighted by Gasteiger charge is 2.32. The SMILES string of the molecule is CSCc1cc(-c2cn(C)c(=O)c3[nH]c(C(=O)NCCNC(=O)CCNC=O)cc23)c(NCC2CC2)cc1C(=O)NCCCCc1cccc2c1CN(C(C)CCC(=O)N(C)C=O)C2=O. The maximum absolute atomic E-state index is 14.0. The Balaban J connectivity index is 1.13. The molecule has 1 aliphatic heterocycles. The Hall–Kier alpha value is -6.43. The van der Waals surface area contributed by atoms with E-state index >= 15 is 0 Å². The molecule has 1 unspecified atom stereocenters. The van der Waals surface area contributed by atoms with Crippen molar-refractivity contribution in [1.29, 1.82) is 0 Å². The Labute approximate surface area is 382 Å². The number of hydrogen-bond acceptors (Lipinski definition) is 10. The van der Waals surface area contributed by atoms with Crippen molar-refractivity contribution in [2.24, 2.45) is 13.0 Å². The van der Waals surface area contributed by atoms with E-state index in [9.17, 15) is 38.4 Å². The predicted molar refractivity (Wildman–Crippen MR) is 251 cm³/mol. The smallest absolute Gasteiger partial charge is 0.274 e. The number of rotatable bonds is 25. The number of unbranched alkanes of at least 4 members (excludes halogenated alkanes) is 1. The number of carbonyl (C=O) groups excluding carboxylic acids is 7. The summed E-state index contributed by atoms with van der Waals surface area (Å²) in [7, 11) is 3.09. The standard InChI is InChI=1S/C47H59N9O8S/c1-29(11-14-42(60)55(3)28-58)56-25-37-31(9-7-10-33(37)46(56)63)8-5-6-16-50-44(61)34-21-39(52-23-30-12-13-30)35(20-32(34)26-65-4)38-24-54(2)47(64)43-36(38)22-40(53-43)45(62)51-19-18-49-41(59)15-17-48-27-57/h7,9-10,20-22,24,27-30,52-53H,5-6,8,11-19,23,25-26H2,1-4H3,(H,48,57)(H,49,59)(H,50,61)(H,51,62). The molecule has 346 valence electrons. The second-order valence-corrected chi connectivity index (χ2v) is 17.6. The van der Waals surface area contributed by atoms with E-state index in [-0.39, 0.29) is 78.9 Å². The number of amides is 7. The molecule has 2 aromatic carbocycles. The van der Waals surface area contributed by atoms with Crippen molar-refractivity contribution < 1.29 is 33.6 Å². The van der Waals surface area contributed by atoms with E-state index in [1.54, 1.807) is 36.0 Å². The zero-order valence-corrected chi connectivity index (χ0v) is 38.3. The first-order chi connectivity index (χ1) is 31.3. The van der Waals surface area contributed by atoms with Crippen LogP contribution in [0.1, 0.15) is 99.8 Å². The molecule has 0 radical (unpaired) electrons. The summed E-state index contributed by atoms with van der Waals surface area (Å²) in [6.45, 7) is 4.10. The first-order valence-corrected chi connectivity index (χ1v) is 23.5. The number of pyridine rings is 1. The molecule has 65 heavy (non-hydrogen) atoms. The Morgan fingerprint density at radius 3 is 2.43 bits per heavy atom. The number of nitrogens with one attached hydrogen (secondary N) is 6. The highest BCUT2D eigenvalue weighted by molar-refractivity contribution is 7.97. The predicted octanol–water partition coefficient (Wildman–Crippen LogP) is 3.69. The number of aryl methyl sites for hydroxylation is 2. The number of thioether (sulfide) groups is 1. The molecule has 6 rings (SSSR count). The van der Waals surface area contributed by atoms with Gasteiger partial charge in [0.25, 0.3) is 23.3 Å². The number of aromatic nitrogens is 2. The van der Waals surface area contributed by atoms with Crippen molar-refractivity contribution in [3.63, 3.8) is 0 Å². The Morgan fingerprint density at radius 1 is 0.923 bits per heavy atom. The Kier molecular flexibility index (Phi) is 16.6. The van der Waals surface area contributed by atoms with Crippen LogP contribution in [0.4, 0.5) is 5.69 Å². The van der Waals surface area contributed by atoms with Crippen molar-refractivity contribution in [3.8, 4) is 11.1 Å². The van der Waals surface area contributed by atoms with Gasteiger partial charge in [0.05, 0.1) is 0 Å². The van der Waals surface area contributed by atoms with Crippen LogP contribution in [-0.4, -0.2) is 114 Å². The quantitative estimate of drug-likeness (QED) is 0.0418. The zero-order chi connectivity index (χ0) is 46.6. The lowest BCUT2D eigenvalue weighted by atomic mass is 9.95. The minimum absolute atomic E-state index is 0.0592. The van der Waals surface area contributed by atoms with Gasteiger partial charge in [-0.3, -0.25) is 43.3 Å². The van der Waals surface area contributed by atoms with Gasteiger partial charge in [0, 0.05) is 118 Å². The maximum atomic E-state index is 14.0. The molecule has 0 bridgehead atoms. The minimum atomic E-state index is -0.444. The molecule has 4 aromatic rings. The second-order valence-electron chi connectivity index (χ2n) is 16.8. The van der Waals surface area contributed by atoms with Crippen molar-refractivity contribution in [2.45, 2.75) is 76.6 Å². The summed E-state index contributed by atoms with van der Waals surface area (Å²) < 4.78 is 1.48. The fraction of sp³-hybridized carbons (Fsp3) is 0.447. The summed E-state index contributed by atoms with van der Waals surface area (Å²) in [6.07, 6.45) is 9.94. The van der Waals surface area contributed by atoms with Crippen LogP contribution in [0.5, 0.6) is 0 Å². The van der Waals surface area contributed by atoms with Crippen LogP contribution in [0, 0.1) is 5.92 Å². The third-order valence-corrected chi connectivity index (χ3v) is 12.6. The fourth-order valence-corrected chi connectivity index (χ4v) is 8.57. The summed E-state index contributed by atoms with van der Waals surface area (Å²) >= 11 is 1.59. The van der Waals surface area contributed by atoms with E-state index in [1.165, 1.54) is 11.6 Å². The van der Waals surface area contributed by atoms with Crippen LogP contribution in [-0.2, 0) is 44.9 Å². The van der Waals surface area contributed by atoms with Crippen molar-refractivity contribution >= 4 is 70.7 Å². The number of aromatic amines is 1. The number of anilines is 1. The fourth-order valence-electron chi connectivity index (χ4n) is 8.02. The van der Waals surface area contributed by atoms with Crippen LogP contribution < -0.4 is 32.1 Å². The van der Waals surface area contributed by atoms with Crippen molar-refractivity contribution in [2.75, 3.05) is 51.3 Å². The van der Waals surface area contributed by atoms with Crippen LogP contribution in [0.15, 0.2) is 47.4 Å². The van der Waals surface area contributed by atoms with Gasteiger partial charge in [0.2, 0.25) is 24.6 Å². The van der Waals surface area contributed by atoms with Gasteiger partial charge < -0.3 is 41.0 Å². The summed E-state index contributed by atoms with van der Waals surface area (Å²) in [5, 5.41) is 15.2. The minimum Gasteiger partial charge on any atom is -0.384 e. The summed E-state index contributed by atoms with van der Waals surface area (Å²) in [6, 6.07) is 11.2. The average molecular weight is 910 g/mol. The number of H-pyrrole nitrogens is 1. The lowest BCUT2D eigenvalue weighted by Gasteiger charge is -2.24. The molecule has 1 saturated carbocycles. The van der Waals surface area contributed by atoms with E-state index < -0.39 is 5.91 Å². The summed E-state index contributed by atoms with van der Waals surface area (Å²) in [5.41, 5.74) is 6.53. The first-order valence-electron chi connectivity index (χ1n) is 22.1. The molecular weight excluding hydrogens is 851 g/mol. The van der Waals surface area contributed by atoms with Crippen molar-refractivity contribution in [3.05, 3.63) is 86.5 Å². The van der Waals surface area contributed by atoms with E-state index in [4.69, 9.17) is 0 Å². The Morgan fingerprint density at radius 2 is 1.69 bits per heavy atom. The molecule has 1 aliphatic carbocycles. The average Bonchev–Trinajstić information content (AvgIpc) is 3.92. The maximum Gasteiger partial charge on any atom is 0.274 e. The van der Waals surface area contributed by atoms with Gasteiger partial charge >= 0.3 is 0 Å². The zero-order valence-electron chi connectivity index (χ0n) is 37.5. The van der Waals surface area contributed by atoms with Gasteiger partial charge in [-0.1, -0.05) is 12.1 Å². The molecule has 1 atom stereocenters. The molecule has 0 spiro atoms. The van der Waals surface area contributed by atoms with E-state index in [1.807, 2.05) is 43.5 Å². The number of imide groups is 1. The Bertz CT molecular complexity index is 2500. The van der Waals surface area contributed by atoms with Crippen LogP contribution in [0.25, 0.3) is 22.0 Å². The normalized spacial score (nSPS) is 13.5. The summed E-state index contributed by atoms with van der Waals surface area (Å²) in [5.74, 6) is -0.168. The monoisotopic (exact) mass is 909 g/mol. The van der Waals surface area contributed by atoms with Gasteiger partial charge in [-0.15, -0.1) is 0 Å². The van der Waals surface area contributed by atoms with Gasteiger partial charge in [0.1, 0.15) is 11.2 Å². The van der Waals surface area contributed by atoms with Gasteiger partial charge in [-0.2, -0.15) is 11.8 Å². The number of hydrogen-bond donors (Lipinski definition) is 6. The second kappa shape index (κ2) is 22.5. The molecule has 2 aromatic heterocycles. The third kappa shape index (κ3) is 12.0. The van der Waals surface area contributed by atoms with E-state index in [2.05, 4.69) is 31.6 Å². The van der Waals surface area contributed by atoms with Crippen LogP contribution >= 0.6 is 11.8 Å². The number of benzene rings is 2. The van der Waals surface area contributed by atoms with Crippen LogP contribution in [0.3, 0.4) is 0 Å². The van der Waals surface area contributed by atoms with Crippen LogP contribution in [0.2, 0.25) is 0 Å². The molecule has 7 amide bonds. The molecule has 3 heterocycles. The molecule has 0 saturated heterocycles. The number of nitrogens with zero attached hydrogens (tertiary/aromatic N) is 3. The lowest BCUT2D eigenvalue weighted by Crippen LogP contribution is -2.35. The molecule has 18 heteroatoms. The molecular formula is C47H59N9O8S. The molecule has 1 fully saturated rings. The van der Waals surface area contributed by atoms with Crippen molar-refractivity contribution in [1.82, 2.24) is 40.6 Å². The number of carbonyl (C=O) groups is 7. The van der Waals surface area contributed by atoms with Gasteiger partial charge in [0.15, 0.2) is 0 Å². The van der Waals surface area contributed by atoms with E-state index in [0.717, 1.165) is 65.1 Å². The molecule has 6 N–H and O–H groups in total. The lowest BCUT2D eigenvalue weighted by molar-refractivity contribution is -0.136. The largest absolute Gasteiger partial charge is 0.384 e. The van der Waals surface area contributed by atoms with Gasteiger partial charge in [-0.05, 0) is 98.6 Å². The topological polar surface area (TPSA) is 224 Å². The van der Waals surface area contributed by atoms with E-state index in [0.29, 0.717) is 72.5 Å². The highest BCUT2D eigenvalue weighted by atomic mass is 32.2. The third-order valence-electron chi connectivity index (χ3n) is 12.0. The highest BCUT2D eigenvalue weighted by Crippen LogP contribution is 2.38. The van der Waals surface area contributed by atoms with Gasteiger partial charge in [-0.25, -0.2) is 0 Å². The molecule has 2 aliphatic rings.